The van der Waals surface area contributed by atoms with Crippen LogP contribution in [0.15, 0.2) is 24.4 Å². The molecular formula is C17H21Cl2N5O2. The summed E-state index contributed by atoms with van der Waals surface area (Å²) in [6.07, 6.45) is 3.72. The van der Waals surface area contributed by atoms with Gasteiger partial charge in [0, 0.05) is 23.7 Å². The van der Waals surface area contributed by atoms with Crippen molar-refractivity contribution < 1.29 is 9.90 Å². The number of carboxylic acids is 1. The van der Waals surface area contributed by atoms with Crippen LogP contribution in [0.4, 0.5) is 0 Å². The molecular weight excluding hydrogens is 377 g/mol. The third kappa shape index (κ3) is 4.54. The van der Waals surface area contributed by atoms with Gasteiger partial charge in [0.15, 0.2) is 0 Å². The van der Waals surface area contributed by atoms with Crippen molar-refractivity contribution in [3.63, 3.8) is 0 Å². The van der Waals surface area contributed by atoms with Crippen molar-refractivity contribution in [2.24, 2.45) is 0 Å². The Morgan fingerprint density at radius 3 is 2.85 bits per heavy atom. The summed E-state index contributed by atoms with van der Waals surface area (Å²) in [5.74, 6) is -0.777. The fraction of sp³-hybridized carbons (Fsp3) is 0.471. The van der Waals surface area contributed by atoms with E-state index in [0.29, 0.717) is 28.7 Å². The van der Waals surface area contributed by atoms with E-state index in [2.05, 4.69) is 15.6 Å². The Labute approximate surface area is 161 Å². The Hall–Kier alpha value is -1.67. The Morgan fingerprint density at radius 2 is 2.19 bits per heavy atom. The molecule has 140 valence electrons. The predicted molar refractivity (Wildman–Crippen MR) is 99.9 cm³/mol. The minimum absolute atomic E-state index is 0.101. The number of aromatic nitrogens is 3. The molecule has 3 rings (SSSR count). The van der Waals surface area contributed by atoms with E-state index >= 15 is 0 Å². The van der Waals surface area contributed by atoms with Gasteiger partial charge in [0.1, 0.15) is 0 Å². The van der Waals surface area contributed by atoms with Gasteiger partial charge >= 0.3 is 5.97 Å². The van der Waals surface area contributed by atoms with E-state index < -0.39 is 5.97 Å². The van der Waals surface area contributed by atoms with Crippen LogP contribution in [0.3, 0.4) is 0 Å². The number of aliphatic carboxylic acids is 1. The van der Waals surface area contributed by atoms with Crippen molar-refractivity contribution in [2.45, 2.75) is 38.4 Å². The molecule has 2 aromatic rings. The molecule has 1 heterocycles. The van der Waals surface area contributed by atoms with Crippen molar-refractivity contribution in [3.8, 4) is 5.69 Å². The third-order valence-electron chi connectivity index (χ3n) is 4.64. The summed E-state index contributed by atoms with van der Waals surface area (Å²) in [5, 5.41) is 21.8. The molecule has 1 aromatic heterocycles. The normalized spacial score (nSPS) is 19.5. The number of carboxylic acid groups (broad SMARTS) is 1. The first-order chi connectivity index (χ1) is 12.5. The molecule has 1 saturated carbocycles. The predicted octanol–water partition coefficient (Wildman–Crippen LogP) is 2.60. The second kappa shape index (κ2) is 8.35. The van der Waals surface area contributed by atoms with Crippen LogP contribution in [0.1, 0.15) is 25.5 Å². The average Bonchev–Trinajstić information content (AvgIpc) is 3.00. The van der Waals surface area contributed by atoms with Crippen LogP contribution in [-0.2, 0) is 11.3 Å². The maximum absolute atomic E-state index is 10.9. The SMILES string of the molecule is CCN(CC(=O)O)C1CC(NCc2cn(-c3ccc(Cl)cc3Cl)nn2)C1. The molecule has 1 aromatic carbocycles. The van der Waals surface area contributed by atoms with Gasteiger partial charge in [-0.05, 0) is 37.6 Å². The number of rotatable bonds is 8. The molecule has 9 heteroatoms. The van der Waals surface area contributed by atoms with Gasteiger partial charge in [0.2, 0.25) is 0 Å². The zero-order chi connectivity index (χ0) is 18.7. The number of nitrogens with zero attached hydrogens (tertiary/aromatic N) is 4. The van der Waals surface area contributed by atoms with Gasteiger partial charge in [-0.25, -0.2) is 4.68 Å². The molecule has 2 N–H and O–H groups in total. The van der Waals surface area contributed by atoms with E-state index in [1.807, 2.05) is 18.0 Å². The summed E-state index contributed by atoms with van der Waals surface area (Å²) in [4.78, 5) is 12.9. The van der Waals surface area contributed by atoms with Crippen LogP contribution in [-0.4, -0.2) is 56.1 Å². The van der Waals surface area contributed by atoms with Gasteiger partial charge in [-0.15, -0.1) is 5.10 Å². The largest absolute Gasteiger partial charge is 0.480 e. The highest BCUT2D eigenvalue weighted by Crippen LogP contribution is 2.26. The summed E-state index contributed by atoms with van der Waals surface area (Å²) in [5.41, 5.74) is 1.54. The number of carbonyl (C=O) groups is 1. The maximum Gasteiger partial charge on any atom is 0.317 e. The molecule has 1 fully saturated rings. The lowest BCUT2D eigenvalue weighted by Crippen LogP contribution is -2.53. The van der Waals surface area contributed by atoms with Crippen molar-refractivity contribution in [1.82, 2.24) is 25.2 Å². The van der Waals surface area contributed by atoms with Crippen LogP contribution in [0.25, 0.3) is 5.69 Å². The molecule has 0 atom stereocenters. The molecule has 0 saturated heterocycles. The molecule has 7 nitrogen and oxygen atoms in total. The summed E-state index contributed by atoms with van der Waals surface area (Å²) in [7, 11) is 0. The van der Waals surface area contributed by atoms with E-state index in [1.165, 1.54) is 0 Å². The average molecular weight is 398 g/mol. The highest BCUT2D eigenvalue weighted by molar-refractivity contribution is 6.35. The highest BCUT2D eigenvalue weighted by atomic mass is 35.5. The first kappa shape index (κ1) is 19.1. The lowest BCUT2D eigenvalue weighted by atomic mass is 9.85. The first-order valence-corrected chi connectivity index (χ1v) is 9.27. The van der Waals surface area contributed by atoms with E-state index in [9.17, 15) is 4.79 Å². The number of nitrogens with one attached hydrogen (secondary N) is 1. The van der Waals surface area contributed by atoms with Gasteiger partial charge in [-0.1, -0.05) is 35.3 Å². The topological polar surface area (TPSA) is 83.3 Å². The lowest BCUT2D eigenvalue weighted by molar-refractivity contribution is -0.139. The van der Waals surface area contributed by atoms with Crippen molar-refractivity contribution in [3.05, 3.63) is 40.1 Å². The number of halogens is 2. The van der Waals surface area contributed by atoms with Crippen LogP contribution < -0.4 is 5.32 Å². The van der Waals surface area contributed by atoms with Crippen LogP contribution in [0.5, 0.6) is 0 Å². The molecule has 0 radical (unpaired) electrons. The molecule has 26 heavy (non-hydrogen) atoms. The van der Waals surface area contributed by atoms with E-state index in [4.69, 9.17) is 28.3 Å². The van der Waals surface area contributed by atoms with E-state index in [-0.39, 0.29) is 6.54 Å². The zero-order valence-electron chi connectivity index (χ0n) is 14.4. The summed E-state index contributed by atoms with van der Waals surface area (Å²) in [6, 6.07) is 5.93. The second-order valence-corrected chi connectivity index (χ2v) is 7.25. The minimum atomic E-state index is -0.777. The molecule has 0 bridgehead atoms. The quantitative estimate of drug-likeness (QED) is 0.711. The molecule has 1 aliphatic rings. The minimum Gasteiger partial charge on any atom is -0.480 e. The van der Waals surface area contributed by atoms with Gasteiger partial charge in [-0.3, -0.25) is 9.69 Å². The van der Waals surface area contributed by atoms with Gasteiger partial charge in [-0.2, -0.15) is 0 Å². The molecule has 0 aliphatic heterocycles. The van der Waals surface area contributed by atoms with Crippen molar-refractivity contribution in [1.29, 1.82) is 0 Å². The van der Waals surface area contributed by atoms with E-state index in [0.717, 1.165) is 30.8 Å². The lowest BCUT2D eigenvalue weighted by Gasteiger charge is -2.42. The Morgan fingerprint density at radius 1 is 1.42 bits per heavy atom. The summed E-state index contributed by atoms with van der Waals surface area (Å²) in [6.45, 7) is 3.45. The third-order valence-corrected chi connectivity index (χ3v) is 5.18. The molecule has 1 aliphatic carbocycles. The van der Waals surface area contributed by atoms with Crippen LogP contribution >= 0.6 is 23.2 Å². The zero-order valence-corrected chi connectivity index (χ0v) is 15.9. The summed E-state index contributed by atoms with van der Waals surface area (Å²) < 4.78 is 1.63. The van der Waals surface area contributed by atoms with Crippen LogP contribution in [0.2, 0.25) is 10.0 Å². The second-order valence-electron chi connectivity index (χ2n) is 6.41. The first-order valence-electron chi connectivity index (χ1n) is 8.52. The Kier molecular flexibility index (Phi) is 6.13. The van der Waals surface area contributed by atoms with Gasteiger partial charge in [0.05, 0.1) is 29.1 Å². The summed E-state index contributed by atoms with van der Waals surface area (Å²) >= 11 is 12.1. The van der Waals surface area contributed by atoms with Crippen molar-refractivity contribution in [2.75, 3.05) is 13.1 Å². The monoisotopic (exact) mass is 397 g/mol. The van der Waals surface area contributed by atoms with Gasteiger partial charge < -0.3 is 10.4 Å². The number of hydrogen-bond acceptors (Lipinski definition) is 5. The highest BCUT2D eigenvalue weighted by Gasteiger charge is 2.33. The molecule has 0 amide bonds. The number of benzene rings is 1. The van der Waals surface area contributed by atoms with Crippen LogP contribution in [0, 0.1) is 0 Å². The smallest absolute Gasteiger partial charge is 0.317 e. The Bertz CT molecular complexity index is 776. The molecule has 0 spiro atoms. The van der Waals surface area contributed by atoms with Crippen molar-refractivity contribution >= 4 is 29.2 Å². The number of likely N-dealkylation sites (N-methyl/N-ethyl adjacent to an activating group) is 1. The fourth-order valence-corrected chi connectivity index (χ4v) is 3.63. The number of hydrogen-bond donors (Lipinski definition) is 2. The fourth-order valence-electron chi connectivity index (χ4n) is 3.14. The Balaban J connectivity index is 1.50. The maximum atomic E-state index is 10.9. The van der Waals surface area contributed by atoms with E-state index in [1.54, 1.807) is 22.9 Å². The molecule has 0 unspecified atom stereocenters. The standard InChI is InChI=1S/C17H21Cl2N5O2/c1-2-23(10-17(25)26)14-6-12(7-14)20-8-13-9-24(22-21-13)16-4-3-11(18)5-15(16)19/h3-5,9,12,14,20H,2,6-8,10H2,1H3,(H,25,26). The van der Waals surface area contributed by atoms with Gasteiger partial charge in [0.25, 0.3) is 0 Å².